The van der Waals surface area contributed by atoms with Gasteiger partial charge in [-0.25, -0.2) is 9.67 Å². The molecule has 1 amide bonds. The summed E-state index contributed by atoms with van der Waals surface area (Å²) in [4.78, 5) is 21.6. The number of alkyl halides is 3. The number of hydrogen-bond acceptors (Lipinski definition) is 7. The molecule has 2 aliphatic rings. The second-order valence-electron chi connectivity index (χ2n) is 9.57. The second kappa shape index (κ2) is 9.99. The fourth-order valence-corrected chi connectivity index (χ4v) is 5.14. The molecule has 2 fully saturated rings. The highest BCUT2D eigenvalue weighted by Gasteiger charge is 2.41. The molecule has 4 heterocycles. The summed E-state index contributed by atoms with van der Waals surface area (Å²) in [5, 5.41) is 7.00. The summed E-state index contributed by atoms with van der Waals surface area (Å²) in [7, 11) is 1.24. The first-order valence-electron chi connectivity index (χ1n) is 12.3. The van der Waals surface area contributed by atoms with Gasteiger partial charge in [0.25, 0.3) is 5.91 Å². The van der Waals surface area contributed by atoms with Gasteiger partial charge in [0.15, 0.2) is 17.4 Å². The highest BCUT2D eigenvalue weighted by Crippen LogP contribution is 2.42. The van der Waals surface area contributed by atoms with Crippen LogP contribution in [-0.2, 0) is 15.7 Å². The number of amides is 1. The van der Waals surface area contributed by atoms with Gasteiger partial charge >= 0.3 is 6.18 Å². The zero-order valence-electron chi connectivity index (χ0n) is 21.3. The standard InChI is InChI=1S/C26H28F3N5O4/c1-15-10-19(13-30-22(15)17-4-6-25(7-5-17)37-8-9-38-25)33-24(35)20-14-32-34(16(20)2)23-21(36-3)11-18(12-31-23)26(27,28)29/h10-14,17H,4-9H2,1-3H3,(H,33,35). The van der Waals surface area contributed by atoms with Crippen LogP contribution in [0.4, 0.5) is 18.9 Å². The van der Waals surface area contributed by atoms with Crippen molar-refractivity contribution in [2.45, 2.75) is 57.4 Å². The van der Waals surface area contributed by atoms with Crippen LogP contribution in [0.2, 0.25) is 0 Å². The van der Waals surface area contributed by atoms with Crippen molar-refractivity contribution in [3.8, 4) is 11.6 Å². The van der Waals surface area contributed by atoms with E-state index in [1.54, 1.807) is 13.1 Å². The Morgan fingerprint density at radius 3 is 2.45 bits per heavy atom. The maximum absolute atomic E-state index is 13.1. The fraction of sp³-hybridized carbons (Fsp3) is 0.462. The van der Waals surface area contributed by atoms with Gasteiger partial charge in [-0.1, -0.05) is 0 Å². The predicted octanol–water partition coefficient (Wildman–Crippen LogP) is 4.96. The summed E-state index contributed by atoms with van der Waals surface area (Å²) in [6.45, 7) is 4.88. The third-order valence-corrected chi connectivity index (χ3v) is 7.16. The number of carbonyl (C=O) groups is 1. The summed E-state index contributed by atoms with van der Waals surface area (Å²) in [5.41, 5.74) is 2.19. The van der Waals surface area contributed by atoms with Crippen LogP contribution >= 0.6 is 0 Å². The number of nitrogens with one attached hydrogen (secondary N) is 1. The molecule has 202 valence electrons. The molecule has 0 radical (unpaired) electrons. The van der Waals surface area contributed by atoms with E-state index in [1.165, 1.54) is 18.0 Å². The van der Waals surface area contributed by atoms with E-state index in [9.17, 15) is 18.0 Å². The van der Waals surface area contributed by atoms with Crippen LogP contribution in [0, 0.1) is 13.8 Å². The highest BCUT2D eigenvalue weighted by atomic mass is 19.4. The Labute approximate surface area is 217 Å². The molecule has 12 heteroatoms. The Morgan fingerprint density at radius 1 is 1.11 bits per heavy atom. The molecule has 0 aromatic carbocycles. The molecule has 1 N–H and O–H groups in total. The van der Waals surface area contributed by atoms with Crippen molar-refractivity contribution in [3.63, 3.8) is 0 Å². The normalized spacial score (nSPS) is 17.6. The van der Waals surface area contributed by atoms with Gasteiger partial charge in [0.2, 0.25) is 0 Å². The van der Waals surface area contributed by atoms with Gasteiger partial charge < -0.3 is 19.5 Å². The zero-order valence-corrected chi connectivity index (χ0v) is 21.3. The highest BCUT2D eigenvalue weighted by molar-refractivity contribution is 6.04. The Kier molecular flexibility index (Phi) is 6.86. The molecular formula is C26H28F3N5O4. The Bertz CT molecular complexity index is 1340. The van der Waals surface area contributed by atoms with E-state index >= 15 is 0 Å². The lowest BCUT2D eigenvalue weighted by Crippen LogP contribution is -2.34. The number of aryl methyl sites for hydroxylation is 1. The molecule has 1 spiro atoms. The SMILES string of the molecule is COc1cc(C(F)(F)F)cnc1-n1ncc(C(=O)Nc2cnc(C3CCC4(CC3)OCCO4)c(C)c2)c1C. The smallest absolute Gasteiger partial charge is 0.418 e. The van der Waals surface area contributed by atoms with Gasteiger partial charge in [-0.05, 0) is 44.4 Å². The Balaban J connectivity index is 1.30. The minimum Gasteiger partial charge on any atom is -0.493 e. The zero-order chi connectivity index (χ0) is 27.1. The van der Waals surface area contributed by atoms with E-state index in [-0.39, 0.29) is 17.1 Å². The van der Waals surface area contributed by atoms with E-state index in [1.807, 2.05) is 13.0 Å². The van der Waals surface area contributed by atoms with Crippen molar-refractivity contribution in [1.82, 2.24) is 19.7 Å². The van der Waals surface area contributed by atoms with Crippen molar-refractivity contribution >= 4 is 11.6 Å². The molecule has 1 aliphatic heterocycles. The van der Waals surface area contributed by atoms with Crippen LogP contribution in [0.25, 0.3) is 5.82 Å². The number of halogens is 3. The van der Waals surface area contributed by atoms with Gasteiger partial charge in [0.1, 0.15) is 0 Å². The van der Waals surface area contributed by atoms with Gasteiger partial charge in [-0.2, -0.15) is 18.3 Å². The van der Waals surface area contributed by atoms with E-state index in [2.05, 4.69) is 20.4 Å². The van der Waals surface area contributed by atoms with Crippen molar-refractivity contribution in [3.05, 3.63) is 58.8 Å². The summed E-state index contributed by atoms with van der Waals surface area (Å²) in [6, 6.07) is 2.73. The maximum atomic E-state index is 13.1. The molecule has 3 aromatic rings. The Morgan fingerprint density at radius 2 is 1.82 bits per heavy atom. The van der Waals surface area contributed by atoms with Crippen molar-refractivity contribution in [2.75, 3.05) is 25.6 Å². The molecule has 5 rings (SSSR count). The molecule has 1 saturated heterocycles. The first-order chi connectivity index (χ1) is 18.1. The predicted molar refractivity (Wildman–Crippen MR) is 130 cm³/mol. The number of anilines is 1. The number of carbonyl (C=O) groups excluding carboxylic acids is 1. The topological polar surface area (TPSA) is 100 Å². The first kappa shape index (κ1) is 26.1. The van der Waals surface area contributed by atoms with E-state index in [0.29, 0.717) is 36.7 Å². The molecule has 3 aromatic heterocycles. The number of methoxy groups -OCH3 is 1. The fourth-order valence-electron chi connectivity index (χ4n) is 5.14. The molecule has 1 aliphatic carbocycles. The average Bonchev–Trinajstić information content (AvgIpc) is 3.50. The summed E-state index contributed by atoms with van der Waals surface area (Å²) in [6.07, 6.45) is 2.60. The average molecular weight is 532 g/mol. The summed E-state index contributed by atoms with van der Waals surface area (Å²) in [5.74, 6) is -0.635. The third kappa shape index (κ3) is 4.97. The number of nitrogens with zero attached hydrogens (tertiary/aromatic N) is 4. The lowest BCUT2D eigenvalue weighted by atomic mass is 9.82. The van der Waals surface area contributed by atoms with Crippen LogP contribution in [-0.4, -0.2) is 51.8 Å². The number of hydrogen-bond donors (Lipinski definition) is 1. The van der Waals surface area contributed by atoms with E-state index in [0.717, 1.165) is 43.0 Å². The number of ether oxygens (including phenoxy) is 3. The minimum atomic E-state index is -4.57. The lowest BCUT2D eigenvalue weighted by molar-refractivity contribution is -0.179. The molecule has 9 nitrogen and oxygen atoms in total. The van der Waals surface area contributed by atoms with Crippen molar-refractivity contribution < 1.29 is 32.2 Å². The van der Waals surface area contributed by atoms with Gasteiger partial charge in [-0.15, -0.1) is 0 Å². The van der Waals surface area contributed by atoms with Crippen molar-refractivity contribution in [2.24, 2.45) is 0 Å². The monoisotopic (exact) mass is 531 g/mol. The van der Waals surface area contributed by atoms with Crippen LogP contribution in [0.5, 0.6) is 5.75 Å². The van der Waals surface area contributed by atoms with Crippen LogP contribution < -0.4 is 10.1 Å². The Hall–Kier alpha value is -3.51. The van der Waals surface area contributed by atoms with Crippen LogP contribution in [0.3, 0.4) is 0 Å². The molecule has 1 saturated carbocycles. The lowest BCUT2D eigenvalue weighted by Gasteiger charge is -2.35. The van der Waals surface area contributed by atoms with Gasteiger partial charge in [-0.3, -0.25) is 9.78 Å². The largest absolute Gasteiger partial charge is 0.493 e. The third-order valence-electron chi connectivity index (χ3n) is 7.16. The molecule has 38 heavy (non-hydrogen) atoms. The molecule has 0 unspecified atom stereocenters. The van der Waals surface area contributed by atoms with Crippen molar-refractivity contribution in [1.29, 1.82) is 0 Å². The second-order valence-corrected chi connectivity index (χ2v) is 9.57. The summed E-state index contributed by atoms with van der Waals surface area (Å²) >= 11 is 0. The number of rotatable bonds is 5. The molecule has 0 bridgehead atoms. The summed E-state index contributed by atoms with van der Waals surface area (Å²) < 4.78 is 57.2. The quantitative estimate of drug-likeness (QED) is 0.497. The van der Waals surface area contributed by atoms with Crippen LogP contribution in [0.15, 0.2) is 30.7 Å². The molecular weight excluding hydrogens is 503 g/mol. The van der Waals surface area contributed by atoms with Gasteiger partial charge in [0.05, 0.1) is 55.2 Å². The minimum absolute atomic E-state index is 0.0431. The first-order valence-corrected chi connectivity index (χ1v) is 12.3. The maximum Gasteiger partial charge on any atom is 0.418 e. The van der Waals surface area contributed by atoms with Crippen LogP contribution in [0.1, 0.15) is 64.5 Å². The van der Waals surface area contributed by atoms with E-state index in [4.69, 9.17) is 14.2 Å². The number of pyridine rings is 2. The van der Waals surface area contributed by atoms with E-state index < -0.39 is 23.4 Å². The molecule has 0 atom stereocenters. The number of aromatic nitrogens is 4. The van der Waals surface area contributed by atoms with Gasteiger partial charge in [0, 0.05) is 30.7 Å².